The van der Waals surface area contributed by atoms with Gasteiger partial charge < -0.3 is 15.7 Å². The van der Waals surface area contributed by atoms with Gasteiger partial charge in [0.15, 0.2) is 0 Å². The molecule has 0 aliphatic rings. The molecule has 1 atom stereocenters. The van der Waals surface area contributed by atoms with E-state index < -0.39 is 0 Å². The Balaban J connectivity index is 2.13. The van der Waals surface area contributed by atoms with Crippen molar-refractivity contribution in [2.24, 2.45) is 5.92 Å². The number of carbonyl (C=O) groups is 1. The number of anilines is 1. The van der Waals surface area contributed by atoms with E-state index in [1.54, 1.807) is 0 Å². The van der Waals surface area contributed by atoms with Crippen molar-refractivity contribution in [2.45, 2.75) is 26.7 Å². The molecule has 0 bridgehead atoms. The fourth-order valence-electron chi connectivity index (χ4n) is 1.71. The van der Waals surface area contributed by atoms with Crippen LogP contribution in [0.1, 0.15) is 25.3 Å². The predicted molar refractivity (Wildman–Crippen MR) is 78.2 cm³/mol. The Morgan fingerprint density at radius 3 is 2.63 bits per heavy atom. The van der Waals surface area contributed by atoms with Crippen LogP contribution in [0.5, 0.6) is 0 Å². The van der Waals surface area contributed by atoms with Crippen molar-refractivity contribution in [3.8, 4) is 0 Å². The van der Waals surface area contributed by atoms with Crippen LogP contribution in [0, 0.1) is 12.8 Å². The lowest BCUT2D eigenvalue weighted by Gasteiger charge is -2.09. The van der Waals surface area contributed by atoms with Crippen LogP contribution < -0.4 is 10.6 Å². The van der Waals surface area contributed by atoms with Gasteiger partial charge in [0.2, 0.25) is 5.91 Å². The highest BCUT2D eigenvalue weighted by Gasteiger charge is 2.02. The SMILES string of the molecule is Cc1ccc(NC(=O)CNCCCC(C)CO)cc1. The summed E-state index contributed by atoms with van der Waals surface area (Å²) in [4.78, 5) is 11.6. The molecule has 19 heavy (non-hydrogen) atoms. The molecule has 0 heterocycles. The first-order chi connectivity index (χ1) is 9.11. The topological polar surface area (TPSA) is 61.4 Å². The molecule has 1 aromatic carbocycles. The number of hydrogen-bond acceptors (Lipinski definition) is 3. The van der Waals surface area contributed by atoms with Crippen LogP contribution in [-0.4, -0.2) is 30.7 Å². The molecule has 0 radical (unpaired) electrons. The van der Waals surface area contributed by atoms with Crippen LogP contribution in [0.3, 0.4) is 0 Å². The van der Waals surface area contributed by atoms with Crippen molar-refractivity contribution >= 4 is 11.6 Å². The minimum Gasteiger partial charge on any atom is -0.396 e. The normalized spacial score (nSPS) is 12.2. The first kappa shape index (κ1) is 15.7. The fourth-order valence-corrected chi connectivity index (χ4v) is 1.71. The predicted octanol–water partition coefficient (Wildman–Crippen LogP) is 1.93. The third kappa shape index (κ3) is 6.94. The van der Waals surface area contributed by atoms with E-state index in [0.29, 0.717) is 12.5 Å². The van der Waals surface area contributed by atoms with Gasteiger partial charge in [0.05, 0.1) is 6.54 Å². The van der Waals surface area contributed by atoms with Gasteiger partial charge in [-0.2, -0.15) is 0 Å². The highest BCUT2D eigenvalue weighted by Crippen LogP contribution is 2.08. The molecule has 106 valence electrons. The van der Waals surface area contributed by atoms with Crippen molar-refractivity contribution < 1.29 is 9.90 Å². The van der Waals surface area contributed by atoms with Crippen molar-refractivity contribution in [3.63, 3.8) is 0 Å². The summed E-state index contributed by atoms with van der Waals surface area (Å²) in [6, 6.07) is 7.74. The molecule has 0 spiro atoms. The van der Waals surface area contributed by atoms with E-state index in [1.807, 2.05) is 38.1 Å². The molecule has 4 heteroatoms. The number of rotatable bonds is 8. The smallest absolute Gasteiger partial charge is 0.238 e. The van der Waals surface area contributed by atoms with E-state index in [2.05, 4.69) is 10.6 Å². The Hall–Kier alpha value is -1.39. The summed E-state index contributed by atoms with van der Waals surface area (Å²) in [5.41, 5.74) is 2.00. The van der Waals surface area contributed by atoms with Crippen LogP contribution in [0.15, 0.2) is 24.3 Å². The average Bonchev–Trinajstić information content (AvgIpc) is 2.40. The minimum atomic E-state index is -0.0286. The van der Waals surface area contributed by atoms with Gasteiger partial charge >= 0.3 is 0 Å². The molecular weight excluding hydrogens is 240 g/mol. The van der Waals surface area contributed by atoms with E-state index in [4.69, 9.17) is 5.11 Å². The third-order valence-corrected chi connectivity index (χ3v) is 2.98. The summed E-state index contributed by atoms with van der Waals surface area (Å²) in [5, 5.41) is 14.8. The Bertz CT molecular complexity index is 376. The highest BCUT2D eigenvalue weighted by molar-refractivity contribution is 5.92. The third-order valence-electron chi connectivity index (χ3n) is 2.98. The molecule has 0 saturated carbocycles. The van der Waals surface area contributed by atoms with Crippen LogP contribution >= 0.6 is 0 Å². The molecule has 3 N–H and O–H groups in total. The van der Waals surface area contributed by atoms with E-state index in [1.165, 1.54) is 5.56 Å². The maximum absolute atomic E-state index is 11.6. The molecule has 1 rings (SSSR count). The molecular formula is C15H24N2O2. The van der Waals surface area contributed by atoms with Crippen LogP contribution in [0.25, 0.3) is 0 Å². The highest BCUT2D eigenvalue weighted by atomic mass is 16.3. The first-order valence-corrected chi connectivity index (χ1v) is 6.80. The zero-order valence-corrected chi connectivity index (χ0v) is 11.8. The van der Waals surface area contributed by atoms with Gasteiger partial charge in [-0.25, -0.2) is 0 Å². The average molecular weight is 264 g/mol. The van der Waals surface area contributed by atoms with E-state index >= 15 is 0 Å². The maximum Gasteiger partial charge on any atom is 0.238 e. The van der Waals surface area contributed by atoms with Gasteiger partial charge in [0.1, 0.15) is 0 Å². The second-order valence-corrected chi connectivity index (χ2v) is 5.02. The largest absolute Gasteiger partial charge is 0.396 e. The first-order valence-electron chi connectivity index (χ1n) is 6.80. The summed E-state index contributed by atoms with van der Waals surface area (Å²) in [5.74, 6) is 0.308. The van der Waals surface area contributed by atoms with Crippen LogP contribution in [0.4, 0.5) is 5.69 Å². The Labute approximate surface area is 115 Å². The molecule has 4 nitrogen and oxygen atoms in total. The summed E-state index contributed by atoms with van der Waals surface area (Å²) in [6.45, 7) is 5.38. The monoisotopic (exact) mass is 264 g/mol. The lowest BCUT2D eigenvalue weighted by atomic mass is 10.1. The number of aliphatic hydroxyl groups is 1. The number of aliphatic hydroxyl groups excluding tert-OH is 1. The number of aryl methyl sites for hydroxylation is 1. The molecule has 0 aliphatic heterocycles. The van der Waals surface area contributed by atoms with Crippen LogP contribution in [0.2, 0.25) is 0 Å². The second kappa shape index (κ2) is 8.67. The fraction of sp³-hybridized carbons (Fsp3) is 0.533. The Morgan fingerprint density at radius 2 is 2.00 bits per heavy atom. The summed E-state index contributed by atoms with van der Waals surface area (Å²) in [6.07, 6.45) is 1.95. The van der Waals surface area contributed by atoms with Gasteiger partial charge in [-0.15, -0.1) is 0 Å². The van der Waals surface area contributed by atoms with Crippen LogP contribution in [-0.2, 0) is 4.79 Å². The minimum absolute atomic E-state index is 0.0286. The van der Waals surface area contributed by atoms with Gasteiger partial charge in [0, 0.05) is 12.3 Å². The number of amides is 1. The lowest BCUT2D eigenvalue weighted by molar-refractivity contribution is -0.115. The summed E-state index contributed by atoms with van der Waals surface area (Å²) in [7, 11) is 0. The standard InChI is InChI=1S/C15H24N2O2/c1-12-5-7-14(8-6-12)17-15(19)10-16-9-3-4-13(2)11-18/h5-8,13,16,18H,3-4,9-11H2,1-2H3,(H,17,19). The van der Waals surface area contributed by atoms with Crippen molar-refractivity contribution in [1.82, 2.24) is 5.32 Å². The van der Waals surface area contributed by atoms with Gasteiger partial charge in [0.25, 0.3) is 0 Å². The molecule has 0 aromatic heterocycles. The molecule has 1 aromatic rings. The molecule has 0 aliphatic carbocycles. The van der Waals surface area contributed by atoms with Crippen molar-refractivity contribution in [2.75, 3.05) is 25.0 Å². The van der Waals surface area contributed by atoms with E-state index in [0.717, 1.165) is 25.1 Å². The molecule has 0 fully saturated rings. The molecule has 1 amide bonds. The Kier molecular flexibility index (Phi) is 7.15. The van der Waals surface area contributed by atoms with Crippen molar-refractivity contribution in [1.29, 1.82) is 0 Å². The summed E-state index contributed by atoms with van der Waals surface area (Å²) >= 11 is 0. The van der Waals surface area contributed by atoms with Gasteiger partial charge in [-0.1, -0.05) is 24.6 Å². The molecule has 0 saturated heterocycles. The zero-order chi connectivity index (χ0) is 14.1. The maximum atomic E-state index is 11.6. The van der Waals surface area contributed by atoms with Gasteiger partial charge in [-0.05, 0) is 44.4 Å². The van der Waals surface area contributed by atoms with Gasteiger partial charge in [-0.3, -0.25) is 4.79 Å². The number of carbonyl (C=O) groups excluding carboxylic acids is 1. The van der Waals surface area contributed by atoms with E-state index in [-0.39, 0.29) is 12.5 Å². The van der Waals surface area contributed by atoms with E-state index in [9.17, 15) is 4.79 Å². The summed E-state index contributed by atoms with van der Waals surface area (Å²) < 4.78 is 0. The number of hydrogen-bond donors (Lipinski definition) is 3. The quantitative estimate of drug-likeness (QED) is 0.629. The zero-order valence-electron chi connectivity index (χ0n) is 11.8. The lowest BCUT2D eigenvalue weighted by Crippen LogP contribution is -2.29. The van der Waals surface area contributed by atoms with Crippen molar-refractivity contribution in [3.05, 3.63) is 29.8 Å². The number of benzene rings is 1. The Morgan fingerprint density at radius 1 is 1.32 bits per heavy atom. The number of nitrogens with one attached hydrogen (secondary N) is 2. The second-order valence-electron chi connectivity index (χ2n) is 5.02. The molecule has 1 unspecified atom stereocenters.